The highest BCUT2D eigenvalue weighted by Crippen LogP contribution is 2.17. The van der Waals surface area contributed by atoms with Crippen LogP contribution in [0.25, 0.3) is 0 Å². The Kier molecular flexibility index (Phi) is 5.65. The third kappa shape index (κ3) is 5.06. The van der Waals surface area contributed by atoms with Crippen LogP contribution in [0.2, 0.25) is 5.02 Å². The molecular formula is C16H14BrClO3. The van der Waals surface area contributed by atoms with E-state index >= 15 is 0 Å². The van der Waals surface area contributed by atoms with Crippen LogP contribution in [-0.4, -0.2) is 12.1 Å². The highest BCUT2D eigenvalue weighted by atomic mass is 79.9. The van der Waals surface area contributed by atoms with Crippen molar-refractivity contribution in [2.24, 2.45) is 0 Å². The number of hydrogen-bond acceptors (Lipinski definition) is 3. The normalized spacial score (nSPS) is 11.8. The lowest BCUT2D eigenvalue weighted by atomic mass is 10.2. The van der Waals surface area contributed by atoms with E-state index in [2.05, 4.69) is 15.9 Å². The lowest BCUT2D eigenvalue weighted by molar-refractivity contribution is -0.152. The summed E-state index contributed by atoms with van der Waals surface area (Å²) in [5.41, 5.74) is 0.913. The minimum Gasteiger partial charge on any atom is -0.479 e. The van der Waals surface area contributed by atoms with Gasteiger partial charge in [0.25, 0.3) is 0 Å². The van der Waals surface area contributed by atoms with Gasteiger partial charge in [0.2, 0.25) is 0 Å². The largest absolute Gasteiger partial charge is 0.479 e. The summed E-state index contributed by atoms with van der Waals surface area (Å²) in [6, 6.07) is 14.4. The van der Waals surface area contributed by atoms with Gasteiger partial charge < -0.3 is 9.47 Å². The number of carbonyl (C=O) groups is 1. The number of carbonyl (C=O) groups excluding carboxylic acids is 1. The summed E-state index contributed by atoms with van der Waals surface area (Å²) in [6.07, 6.45) is -0.682. The van der Waals surface area contributed by atoms with Gasteiger partial charge in [0.15, 0.2) is 6.10 Å². The van der Waals surface area contributed by atoms with Crippen LogP contribution in [0.4, 0.5) is 0 Å². The molecule has 0 aromatic heterocycles. The first-order valence-corrected chi connectivity index (χ1v) is 7.55. The van der Waals surface area contributed by atoms with Gasteiger partial charge in [-0.25, -0.2) is 4.79 Å². The van der Waals surface area contributed by atoms with E-state index in [1.807, 2.05) is 24.3 Å². The van der Waals surface area contributed by atoms with Crippen molar-refractivity contribution in [3.63, 3.8) is 0 Å². The van der Waals surface area contributed by atoms with E-state index in [1.165, 1.54) is 0 Å². The highest BCUT2D eigenvalue weighted by molar-refractivity contribution is 9.10. The zero-order valence-electron chi connectivity index (χ0n) is 11.4. The van der Waals surface area contributed by atoms with Gasteiger partial charge >= 0.3 is 5.97 Å². The molecule has 0 saturated carbocycles. The predicted octanol–water partition coefficient (Wildman–Crippen LogP) is 4.61. The van der Waals surface area contributed by atoms with Crippen molar-refractivity contribution in [3.8, 4) is 5.75 Å². The zero-order valence-corrected chi connectivity index (χ0v) is 13.7. The van der Waals surface area contributed by atoms with Gasteiger partial charge in [-0.05, 0) is 48.9 Å². The maximum atomic E-state index is 11.9. The van der Waals surface area contributed by atoms with Gasteiger partial charge in [0, 0.05) is 9.50 Å². The SMILES string of the molecule is C[C@H](Oc1ccc(Cl)cc1)C(=O)OCc1cccc(Br)c1. The first kappa shape index (κ1) is 15.9. The summed E-state index contributed by atoms with van der Waals surface area (Å²) >= 11 is 9.16. The highest BCUT2D eigenvalue weighted by Gasteiger charge is 2.16. The van der Waals surface area contributed by atoms with Crippen LogP contribution in [0.3, 0.4) is 0 Å². The lowest BCUT2D eigenvalue weighted by Crippen LogP contribution is -2.26. The molecule has 0 fully saturated rings. The fourth-order valence-corrected chi connectivity index (χ4v) is 2.24. The quantitative estimate of drug-likeness (QED) is 0.722. The smallest absolute Gasteiger partial charge is 0.347 e. The third-order valence-corrected chi connectivity index (χ3v) is 3.47. The Bertz CT molecular complexity index is 613. The Morgan fingerprint density at radius 1 is 1.24 bits per heavy atom. The Labute approximate surface area is 137 Å². The monoisotopic (exact) mass is 368 g/mol. The fraction of sp³-hybridized carbons (Fsp3) is 0.188. The van der Waals surface area contributed by atoms with E-state index in [4.69, 9.17) is 21.1 Å². The Balaban J connectivity index is 1.86. The van der Waals surface area contributed by atoms with Crippen LogP contribution in [0, 0.1) is 0 Å². The fourth-order valence-electron chi connectivity index (χ4n) is 1.66. The number of benzene rings is 2. The van der Waals surface area contributed by atoms with Crippen LogP contribution in [0.15, 0.2) is 53.0 Å². The first-order valence-electron chi connectivity index (χ1n) is 6.38. The van der Waals surface area contributed by atoms with E-state index < -0.39 is 12.1 Å². The minimum atomic E-state index is -0.682. The van der Waals surface area contributed by atoms with Gasteiger partial charge in [0.1, 0.15) is 12.4 Å². The average molecular weight is 370 g/mol. The maximum absolute atomic E-state index is 11.9. The molecule has 0 aliphatic heterocycles. The molecule has 21 heavy (non-hydrogen) atoms. The molecule has 0 aliphatic carbocycles. The summed E-state index contributed by atoms with van der Waals surface area (Å²) in [6.45, 7) is 1.87. The number of esters is 1. The van der Waals surface area contributed by atoms with Gasteiger partial charge in [-0.2, -0.15) is 0 Å². The molecule has 0 saturated heterocycles. The number of halogens is 2. The van der Waals surface area contributed by atoms with Crippen molar-refractivity contribution < 1.29 is 14.3 Å². The Morgan fingerprint density at radius 3 is 2.62 bits per heavy atom. The van der Waals surface area contributed by atoms with Crippen LogP contribution < -0.4 is 4.74 Å². The minimum absolute atomic E-state index is 0.215. The van der Waals surface area contributed by atoms with Crippen LogP contribution in [0.5, 0.6) is 5.75 Å². The Morgan fingerprint density at radius 2 is 1.95 bits per heavy atom. The van der Waals surface area contributed by atoms with Crippen molar-refractivity contribution in [2.75, 3.05) is 0 Å². The number of hydrogen-bond donors (Lipinski definition) is 0. The molecule has 3 nitrogen and oxygen atoms in total. The topological polar surface area (TPSA) is 35.5 Å². The van der Waals surface area contributed by atoms with Crippen LogP contribution in [0.1, 0.15) is 12.5 Å². The Hall–Kier alpha value is -1.52. The molecule has 2 aromatic rings. The molecule has 0 amide bonds. The molecule has 2 rings (SSSR count). The molecule has 110 valence electrons. The number of rotatable bonds is 5. The van der Waals surface area contributed by atoms with Crippen molar-refractivity contribution in [2.45, 2.75) is 19.6 Å². The third-order valence-electron chi connectivity index (χ3n) is 2.73. The summed E-state index contributed by atoms with van der Waals surface area (Å²) in [7, 11) is 0. The predicted molar refractivity (Wildman–Crippen MR) is 85.5 cm³/mol. The molecule has 1 atom stereocenters. The maximum Gasteiger partial charge on any atom is 0.347 e. The lowest BCUT2D eigenvalue weighted by Gasteiger charge is -2.14. The molecule has 0 aliphatic rings. The standard InChI is InChI=1S/C16H14BrClO3/c1-11(21-15-7-5-14(18)6-8-15)16(19)20-10-12-3-2-4-13(17)9-12/h2-9,11H,10H2,1H3/t11-/m0/s1. The van der Waals surface area contributed by atoms with Crippen molar-refractivity contribution in [1.82, 2.24) is 0 Å². The second kappa shape index (κ2) is 7.48. The molecular weight excluding hydrogens is 356 g/mol. The van der Waals surface area contributed by atoms with Crippen molar-refractivity contribution in [3.05, 3.63) is 63.6 Å². The summed E-state index contributed by atoms with van der Waals surface area (Å²) in [5, 5.41) is 0.618. The van der Waals surface area contributed by atoms with Gasteiger partial charge in [0.05, 0.1) is 0 Å². The van der Waals surface area contributed by atoms with E-state index in [9.17, 15) is 4.79 Å². The first-order chi connectivity index (χ1) is 10.0. The van der Waals surface area contributed by atoms with Crippen molar-refractivity contribution >= 4 is 33.5 Å². The van der Waals surface area contributed by atoms with Gasteiger partial charge in [-0.3, -0.25) is 0 Å². The molecule has 0 spiro atoms. The molecule has 0 radical (unpaired) electrons. The second-order valence-electron chi connectivity index (χ2n) is 4.45. The molecule has 5 heteroatoms. The zero-order chi connectivity index (χ0) is 15.2. The summed E-state index contributed by atoms with van der Waals surface area (Å²) in [5.74, 6) is 0.163. The molecule has 0 bridgehead atoms. The second-order valence-corrected chi connectivity index (χ2v) is 5.80. The number of ether oxygens (including phenoxy) is 2. The van der Waals surface area contributed by atoms with Crippen LogP contribution >= 0.6 is 27.5 Å². The van der Waals surface area contributed by atoms with E-state index in [-0.39, 0.29) is 6.61 Å². The van der Waals surface area contributed by atoms with E-state index in [0.717, 1.165) is 10.0 Å². The average Bonchev–Trinajstić information content (AvgIpc) is 2.47. The van der Waals surface area contributed by atoms with E-state index in [0.29, 0.717) is 10.8 Å². The van der Waals surface area contributed by atoms with E-state index in [1.54, 1.807) is 31.2 Å². The molecule has 0 heterocycles. The molecule has 2 aromatic carbocycles. The van der Waals surface area contributed by atoms with Crippen LogP contribution in [-0.2, 0) is 16.1 Å². The van der Waals surface area contributed by atoms with Gasteiger partial charge in [-0.1, -0.05) is 39.7 Å². The molecule has 0 N–H and O–H groups in total. The van der Waals surface area contributed by atoms with Gasteiger partial charge in [-0.15, -0.1) is 0 Å². The summed E-state index contributed by atoms with van der Waals surface area (Å²) < 4.78 is 11.7. The summed E-state index contributed by atoms with van der Waals surface area (Å²) in [4.78, 5) is 11.9. The van der Waals surface area contributed by atoms with Crippen molar-refractivity contribution in [1.29, 1.82) is 0 Å². The molecule has 0 unspecified atom stereocenters.